The first kappa shape index (κ1) is 24.3. The van der Waals surface area contributed by atoms with Crippen molar-refractivity contribution in [1.29, 1.82) is 0 Å². The second kappa shape index (κ2) is 11.1. The number of thioether (sulfide) groups is 1. The van der Waals surface area contributed by atoms with E-state index < -0.39 is 0 Å². The predicted octanol–water partition coefficient (Wildman–Crippen LogP) is 5.22. The Balaban J connectivity index is 1.60. The van der Waals surface area contributed by atoms with Crippen molar-refractivity contribution in [2.24, 2.45) is 0 Å². The smallest absolute Gasteiger partial charge is 0.234 e. The van der Waals surface area contributed by atoms with Crippen molar-refractivity contribution in [1.82, 2.24) is 30.0 Å². The van der Waals surface area contributed by atoms with E-state index >= 15 is 0 Å². The van der Waals surface area contributed by atoms with Crippen LogP contribution >= 0.6 is 35.0 Å². The van der Waals surface area contributed by atoms with Crippen LogP contribution in [0.15, 0.2) is 67.7 Å². The average molecular weight is 519 g/mol. The summed E-state index contributed by atoms with van der Waals surface area (Å²) in [6, 6.07) is 5.51. The lowest BCUT2D eigenvalue weighted by Gasteiger charge is -2.32. The molecule has 1 aliphatic rings. The number of allylic oxidation sites excluding steroid dienone is 5. The lowest BCUT2D eigenvalue weighted by Crippen LogP contribution is -2.45. The highest BCUT2D eigenvalue weighted by Gasteiger charge is 2.19. The molecule has 0 radical (unpaired) electrons. The lowest BCUT2D eigenvalue weighted by atomic mass is 10.3. The Bertz CT molecular complexity index is 1200. The van der Waals surface area contributed by atoms with Gasteiger partial charge in [-0.15, -0.1) is 0 Å². The molecular formula is C22H24Cl2N8OS. The maximum atomic E-state index is 6.23. The molecule has 4 rings (SSSR count). The van der Waals surface area contributed by atoms with Gasteiger partial charge in [0.05, 0.1) is 16.3 Å². The highest BCUT2D eigenvalue weighted by Crippen LogP contribution is 2.29. The van der Waals surface area contributed by atoms with Crippen LogP contribution in [0.25, 0.3) is 11.5 Å². The molecule has 0 atom stereocenters. The molecule has 9 nitrogen and oxygen atoms in total. The monoisotopic (exact) mass is 518 g/mol. The van der Waals surface area contributed by atoms with Gasteiger partial charge in [-0.3, -0.25) is 5.10 Å². The maximum Gasteiger partial charge on any atom is 0.234 e. The minimum Gasteiger partial charge on any atom is -0.463 e. The van der Waals surface area contributed by atoms with Gasteiger partial charge in [-0.05, 0) is 43.2 Å². The minimum atomic E-state index is 0.378. The highest BCUT2D eigenvalue weighted by atomic mass is 35.5. The number of hydrogen-bond donors (Lipinski definition) is 2. The molecule has 0 amide bonds. The minimum absolute atomic E-state index is 0.378. The third-order valence-corrected chi connectivity index (χ3v) is 6.56. The molecule has 0 unspecified atom stereocenters. The summed E-state index contributed by atoms with van der Waals surface area (Å²) in [6.45, 7) is 9.07. The number of likely N-dealkylation sites (N-methyl/N-ethyl adjacent to an activating group) is 1. The number of nitrogens with zero attached hydrogens (tertiary/aromatic N) is 6. The molecule has 0 saturated carbocycles. The van der Waals surface area contributed by atoms with Crippen molar-refractivity contribution in [3.05, 3.63) is 58.2 Å². The van der Waals surface area contributed by atoms with E-state index in [1.165, 1.54) is 17.8 Å². The summed E-state index contributed by atoms with van der Waals surface area (Å²) >= 11 is 13.7. The first-order valence-corrected chi connectivity index (χ1v) is 12.1. The molecule has 178 valence electrons. The molecule has 1 aliphatic heterocycles. The summed E-state index contributed by atoms with van der Waals surface area (Å²) in [5.74, 6) is 2.25. The van der Waals surface area contributed by atoms with Gasteiger partial charge in [-0.25, -0.2) is 0 Å². The lowest BCUT2D eigenvalue weighted by molar-refractivity contribution is 0.311. The molecule has 12 heteroatoms. The molecule has 4 heterocycles. The molecule has 1 saturated heterocycles. The zero-order valence-corrected chi connectivity index (χ0v) is 21.1. The molecule has 0 aliphatic carbocycles. The Morgan fingerprint density at radius 2 is 2.00 bits per heavy atom. The summed E-state index contributed by atoms with van der Waals surface area (Å²) in [5.41, 5.74) is 0.745. The summed E-state index contributed by atoms with van der Waals surface area (Å²) in [6.07, 6.45) is 4.86. The fourth-order valence-electron chi connectivity index (χ4n) is 3.17. The van der Waals surface area contributed by atoms with Crippen LogP contribution in [0.2, 0.25) is 0 Å². The second-order valence-electron chi connectivity index (χ2n) is 7.56. The molecule has 34 heavy (non-hydrogen) atoms. The van der Waals surface area contributed by atoms with Gasteiger partial charge < -0.3 is 19.5 Å². The first-order valence-electron chi connectivity index (χ1n) is 10.5. The van der Waals surface area contributed by atoms with E-state index in [1.54, 1.807) is 12.3 Å². The van der Waals surface area contributed by atoms with Crippen molar-refractivity contribution in [2.75, 3.05) is 43.4 Å². The van der Waals surface area contributed by atoms with Gasteiger partial charge in [-0.1, -0.05) is 41.5 Å². The van der Waals surface area contributed by atoms with Crippen LogP contribution in [0, 0.1) is 0 Å². The van der Waals surface area contributed by atoms with Gasteiger partial charge in [0.15, 0.2) is 16.7 Å². The Hall–Kier alpha value is -2.79. The Morgan fingerprint density at radius 3 is 2.71 bits per heavy atom. The molecule has 2 N–H and O–H groups in total. The average Bonchev–Trinajstić information content (AvgIpc) is 3.51. The Morgan fingerprint density at radius 1 is 1.21 bits per heavy atom. The van der Waals surface area contributed by atoms with E-state index in [1.807, 2.05) is 25.1 Å². The quantitative estimate of drug-likeness (QED) is 0.307. The van der Waals surface area contributed by atoms with E-state index in [-0.39, 0.29) is 0 Å². The normalized spacial score (nSPS) is 15.9. The maximum absolute atomic E-state index is 6.23. The van der Waals surface area contributed by atoms with Gasteiger partial charge in [0.2, 0.25) is 11.9 Å². The molecular weight excluding hydrogens is 495 g/mol. The molecule has 1 fully saturated rings. The summed E-state index contributed by atoms with van der Waals surface area (Å²) in [4.78, 5) is 19.2. The standard InChI is InChI=1S/C22H24Cl2N8OS/c1-4-15(23)16(24)12-14(2)34-22-27-20(26-21(28-22)32-9-7-31(3)8-10-32)25-19-13-17(29-30-19)18-6-5-11-33-18/h4-6,11-13H,1,7-10H2,2-3H3,(H2,25,26,27,28,29,30)/b14-12+,16-15-. The number of furan rings is 1. The van der Waals surface area contributed by atoms with E-state index in [2.05, 4.69) is 48.9 Å². The van der Waals surface area contributed by atoms with Gasteiger partial charge in [0.1, 0.15) is 5.69 Å². The van der Waals surface area contributed by atoms with Crippen molar-refractivity contribution in [3.8, 4) is 11.5 Å². The highest BCUT2D eigenvalue weighted by molar-refractivity contribution is 8.02. The fraction of sp³-hybridized carbons (Fsp3) is 0.273. The van der Waals surface area contributed by atoms with Crippen LogP contribution < -0.4 is 10.2 Å². The van der Waals surface area contributed by atoms with Crippen molar-refractivity contribution in [3.63, 3.8) is 0 Å². The predicted molar refractivity (Wildman–Crippen MR) is 138 cm³/mol. The van der Waals surface area contributed by atoms with Gasteiger partial charge in [0.25, 0.3) is 0 Å². The zero-order valence-electron chi connectivity index (χ0n) is 18.8. The van der Waals surface area contributed by atoms with Crippen LogP contribution in [0.3, 0.4) is 0 Å². The van der Waals surface area contributed by atoms with E-state index in [9.17, 15) is 0 Å². The van der Waals surface area contributed by atoms with Crippen LogP contribution in [-0.4, -0.2) is 63.3 Å². The van der Waals surface area contributed by atoms with Gasteiger partial charge >= 0.3 is 0 Å². The van der Waals surface area contributed by atoms with E-state index in [0.717, 1.165) is 36.8 Å². The number of anilines is 3. The van der Waals surface area contributed by atoms with Gasteiger partial charge in [-0.2, -0.15) is 20.1 Å². The first-order chi connectivity index (χ1) is 16.4. The third-order valence-electron chi connectivity index (χ3n) is 4.98. The Kier molecular flexibility index (Phi) is 7.94. The number of hydrogen-bond acceptors (Lipinski definition) is 9. The third kappa shape index (κ3) is 6.20. The zero-order chi connectivity index (χ0) is 24.1. The number of H-pyrrole nitrogens is 1. The fourth-order valence-corrected chi connectivity index (χ4v) is 4.26. The van der Waals surface area contributed by atoms with Crippen molar-refractivity contribution < 1.29 is 4.42 Å². The SMILES string of the molecule is C=C/C(Cl)=C(Cl)\C=C(/C)Sc1nc(Nc2cc(-c3ccco3)[nH]n2)nc(N2CCN(C)CC2)n1. The molecule has 3 aromatic rings. The number of rotatable bonds is 8. The molecule has 0 spiro atoms. The van der Waals surface area contributed by atoms with Crippen molar-refractivity contribution >= 4 is 52.7 Å². The molecule has 3 aromatic heterocycles. The van der Waals surface area contributed by atoms with E-state index in [4.69, 9.17) is 32.6 Å². The van der Waals surface area contributed by atoms with Crippen molar-refractivity contribution in [2.45, 2.75) is 12.1 Å². The van der Waals surface area contributed by atoms with Gasteiger partial charge in [0, 0.05) is 32.2 Å². The summed E-state index contributed by atoms with van der Waals surface area (Å²) in [7, 11) is 2.10. The summed E-state index contributed by atoms with van der Waals surface area (Å²) < 4.78 is 5.42. The topological polar surface area (TPSA) is 99.0 Å². The number of halogens is 2. The van der Waals surface area contributed by atoms with Crippen LogP contribution in [0.5, 0.6) is 0 Å². The number of aromatic nitrogens is 5. The largest absolute Gasteiger partial charge is 0.463 e. The molecule has 0 aromatic carbocycles. The van der Waals surface area contributed by atoms with Crippen LogP contribution in [-0.2, 0) is 0 Å². The second-order valence-corrected chi connectivity index (χ2v) is 9.59. The number of aromatic amines is 1. The van der Waals surface area contributed by atoms with Crippen LogP contribution in [0.1, 0.15) is 6.92 Å². The van der Waals surface area contributed by atoms with E-state index in [0.29, 0.717) is 38.7 Å². The Labute approximate surface area is 211 Å². The number of piperazine rings is 1. The van der Waals surface area contributed by atoms with Crippen LogP contribution in [0.4, 0.5) is 17.7 Å². The molecule has 0 bridgehead atoms. The summed E-state index contributed by atoms with van der Waals surface area (Å²) in [5, 5.41) is 11.7. The number of nitrogens with one attached hydrogen (secondary N) is 2.